The van der Waals surface area contributed by atoms with E-state index in [0.717, 1.165) is 0 Å². The number of aliphatic carboxylic acids is 2. The summed E-state index contributed by atoms with van der Waals surface area (Å²) in [6.07, 6.45) is 1.21. The van der Waals surface area contributed by atoms with Gasteiger partial charge in [-0.05, 0) is 12.8 Å². The van der Waals surface area contributed by atoms with Gasteiger partial charge in [-0.1, -0.05) is 13.3 Å². The molecule has 0 aliphatic heterocycles. The van der Waals surface area contributed by atoms with Gasteiger partial charge in [0.2, 0.25) is 5.91 Å². The van der Waals surface area contributed by atoms with Crippen LogP contribution in [-0.2, 0) is 14.4 Å². The molecule has 0 rings (SSSR count). The van der Waals surface area contributed by atoms with Crippen molar-refractivity contribution in [2.45, 2.75) is 45.1 Å². The quantitative estimate of drug-likeness (QED) is 0.567. The number of rotatable bonds is 8. The minimum Gasteiger partial charge on any atom is -0.481 e. The Hall–Kier alpha value is -1.59. The molecule has 0 radical (unpaired) electrons. The fraction of sp³-hybridized carbons (Fsp3) is 0.700. The second-order valence-electron chi connectivity index (χ2n) is 3.49. The smallest absolute Gasteiger partial charge is 0.326 e. The maximum atomic E-state index is 11.2. The van der Waals surface area contributed by atoms with E-state index in [0.29, 0.717) is 12.8 Å². The lowest BCUT2D eigenvalue weighted by atomic mass is 10.1. The van der Waals surface area contributed by atoms with Crippen LogP contribution in [0.1, 0.15) is 39.0 Å². The van der Waals surface area contributed by atoms with Crippen LogP contribution in [0, 0.1) is 0 Å². The first-order valence-corrected chi connectivity index (χ1v) is 5.21. The first-order valence-electron chi connectivity index (χ1n) is 5.21. The largest absolute Gasteiger partial charge is 0.481 e. The van der Waals surface area contributed by atoms with Crippen molar-refractivity contribution in [3.63, 3.8) is 0 Å². The van der Waals surface area contributed by atoms with Crippen molar-refractivity contribution in [2.75, 3.05) is 0 Å². The molecule has 3 N–H and O–H groups in total. The van der Waals surface area contributed by atoms with Crippen LogP contribution < -0.4 is 5.32 Å². The molecule has 0 saturated heterocycles. The summed E-state index contributed by atoms with van der Waals surface area (Å²) in [5.74, 6) is -2.44. The Labute approximate surface area is 93.6 Å². The summed E-state index contributed by atoms with van der Waals surface area (Å²) in [5, 5.41) is 19.5. The highest BCUT2D eigenvalue weighted by molar-refractivity contribution is 5.83. The van der Waals surface area contributed by atoms with Gasteiger partial charge < -0.3 is 15.5 Å². The van der Waals surface area contributed by atoms with Crippen LogP contribution in [0.3, 0.4) is 0 Å². The topological polar surface area (TPSA) is 104 Å². The van der Waals surface area contributed by atoms with E-state index in [4.69, 9.17) is 10.2 Å². The Kier molecular flexibility index (Phi) is 6.91. The van der Waals surface area contributed by atoms with Crippen molar-refractivity contribution < 1.29 is 24.6 Å². The van der Waals surface area contributed by atoms with Crippen molar-refractivity contribution >= 4 is 17.8 Å². The van der Waals surface area contributed by atoms with Crippen molar-refractivity contribution in [3.05, 3.63) is 0 Å². The Morgan fingerprint density at radius 1 is 1.19 bits per heavy atom. The Morgan fingerprint density at radius 3 is 2.25 bits per heavy atom. The van der Waals surface area contributed by atoms with Gasteiger partial charge in [-0.15, -0.1) is 0 Å². The predicted octanol–water partition coefficient (Wildman–Crippen LogP) is 0.611. The monoisotopic (exact) mass is 231 g/mol. The molecule has 6 heteroatoms. The average molecular weight is 231 g/mol. The number of hydrogen-bond acceptors (Lipinski definition) is 3. The molecule has 0 aromatic heterocycles. The Morgan fingerprint density at radius 2 is 1.81 bits per heavy atom. The summed E-state index contributed by atoms with van der Waals surface area (Å²) < 4.78 is 0. The summed E-state index contributed by atoms with van der Waals surface area (Å²) in [5.41, 5.74) is 0. The number of carbonyl (C=O) groups excluding carboxylic acids is 1. The van der Waals surface area contributed by atoms with Crippen molar-refractivity contribution in [1.82, 2.24) is 5.32 Å². The minimum atomic E-state index is -1.06. The number of hydrogen-bond donors (Lipinski definition) is 3. The number of carboxylic acids is 2. The zero-order valence-electron chi connectivity index (χ0n) is 9.23. The molecule has 92 valence electrons. The number of amides is 1. The van der Waals surface area contributed by atoms with Gasteiger partial charge in [0, 0.05) is 12.8 Å². The van der Waals surface area contributed by atoms with E-state index < -0.39 is 23.9 Å². The summed E-state index contributed by atoms with van der Waals surface area (Å²) in [6, 6.07) is -0.873. The second kappa shape index (κ2) is 7.67. The first kappa shape index (κ1) is 14.4. The van der Waals surface area contributed by atoms with Gasteiger partial charge in [0.1, 0.15) is 6.04 Å². The van der Waals surface area contributed by atoms with Crippen LogP contribution >= 0.6 is 0 Å². The molecule has 6 nitrogen and oxygen atoms in total. The van der Waals surface area contributed by atoms with Crippen LogP contribution in [0.15, 0.2) is 0 Å². The molecule has 0 aliphatic rings. The molecule has 1 atom stereocenters. The highest BCUT2D eigenvalue weighted by Crippen LogP contribution is 2.00. The van der Waals surface area contributed by atoms with E-state index in [1.54, 1.807) is 0 Å². The zero-order valence-corrected chi connectivity index (χ0v) is 9.23. The standard InChI is InChI=1S/C10H17NO5/c1-2-4-7(10(15)16)11-8(12)5-3-6-9(13)14/h7H,2-6H2,1H3,(H,11,12)(H,13,14)(H,15,16)/t7-/m1/s1. The number of nitrogens with one attached hydrogen (secondary N) is 1. The molecule has 0 heterocycles. The molecule has 16 heavy (non-hydrogen) atoms. The molecule has 0 saturated carbocycles. The molecule has 0 aromatic rings. The number of carboxylic acid groups (broad SMARTS) is 2. The van der Waals surface area contributed by atoms with Gasteiger partial charge in [0.15, 0.2) is 0 Å². The SMILES string of the molecule is CCC[C@@H](NC(=O)CCCC(=O)O)C(=O)O. The van der Waals surface area contributed by atoms with E-state index in [9.17, 15) is 14.4 Å². The third-order valence-corrected chi connectivity index (χ3v) is 2.01. The highest BCUT2D eigenvalue weighted by Gasteiger charge is 2.18. The summed E-state index contributed by atoms with van der Waals surface area (Å²) in [6.45, 7) is 1.83. The highest BCUT2D eigenvalue weighted by atomic mass is 16.4. The Bertz CT molecular complexity index is 264. The van der Waals surface area contributed by atoms with E-state index in [1.165, 1.54) is 0 Å². The van der Waals surface area contributed by atoms with E-state index in [-0.39, 0.29) is 19.3 Å². The van der Waals surface area contributed by atoms with Crippen LogP contribution in [0.2, 0.25) is 0 Å². The summed E-state index contributed by atoms with van der Waals surface area (Å²) in [7, 11) is 0. The predicted molar refractivity (Wildman–Crippen MR) is 56.0 cm³/mol. The molecular formula is C10H17NO5. The molecule has 0 fully saturated rings. The van der Waals surface area contributed by atoms with E-state index in [1.807, 2.05) is 6.92 Å². The third kappa shape index (κ3) is 6.80. The van der Waals surface area contributed by atoms with Gasteiger partial charge >= 0.3 is 11.9 Å². The molecule has 0 unspecified atom stereocenters. The second-order valence-corrected chi connectivity index (χ2v) is 3.49. The lowest BCUT2D eigenvalue weighted by Gasteiger charge is -2.12. The van der Waals surface area contributed by atoms with Crippen LogP contribution in [-0.4, -0.2) is 34.1 Å². The maximum Gasteiger partial charge on any atom is 0.326 e. The van der Waals surface area contributed by atoms with Crippen LogP contribution in [0.25, 0.3) is 0 Å². The average Bonchev–Trinajstić information content (AvgIpc) is 2.16. The lowest BCUT2D eigenvalue weighted by molar-refractivity contribution is -0.142. The fourth-order valence-electron chi connectivity index (χ4n) is 1.21. The first-order chi connectivity index (χ1) is 7.47. The maximum absolute atomic E-state index is 11.2. The molecule has 0 aromatic carbocycles. The minimum absolute atomic E-state index is 0.0415. The van der Waals surface area contributed by atoms with Crippen molar-refractivity contribution in [2.24, 2.45) is 0 Å². The van der Waals surface area contributed by atoms with Gasteiger partial charge in [-0.3, -0.25) is 9.59 Å². The van der Waals surface area contributed by atoms with E-state index in [2.05, 4.69) is 5.32 Å². The van der Waals surface area contributed by atoms with Crippen LogP contribution in [0.5, 0.6) is 0 Å². The van der Waals surface area contributed by atoms with Crippen LogP contribution in [0.4, 0.5) is 0 Å². The van der Waals surface area contributed by atoms with Gasteiger partial charge in [-0.25, -0.2) is 4.79 Å². The third-order valence-electron chi connectivity index (χ3n) is 2.01. The molecule has 1 amide bonds. The van der Waals surface area contributed by atoms with E-state index >= 15 is 0 Å². The molecule has 0 bridgehead atoms. The van der Waals surface area contributed by atoms with Crippen molar-refractivity contribution in [1.29, 1.82) is 0 Å². The number of carbonyl (C=O) groups is 3. The summed E-state index contributed by atoms with van der Waals surface area (Å²) >= 11 is 0. The summed E-state index contributed by atoms with van der Waals surface area (Å²) in [4.78, 5) is 32.1. The Balaban J connectivity index is 3.90. The molecule has 0 aliphatic carbocycles. The normalized spacial score (nSPS) is 11.8. The van der Waals surface area contributed by atoms with Gasteiger partial charge in [-0.2, -0.15) is 0 Å². The molecular weight excluding hydrogens is 214 g/mol. The van der Waals surface area contributed by atoms with Crippen molar-refractivity contribution in [3.8, 4) is 0 Å². The molecule has 0 spiro atoms. The lowest BCUT2D eigenvalue weighted by Crippen LogP contribution is -2.40. The fourth-order valence-corrected chi connectivity index (χ4v) is 1.21. The van der Waals surface area contributed by atoms with Gasteiger partial charge in [0.25, 0.3) is 0 Å². The zero-order chi connectivity index (χ0) is 12.6. The van der Waals surface area contributed by atoms with Gasteiger partial charge in [0.05, 0.1) is 0 Å².